The predicted molar refractivity (Wildman–Crippen MR) is 113 cm³/mol. The van der Waals surface area contributed by atoms with E-state index in [9.17, 15) is 0 Å². The molecule has 0 amide bonds. The molecule has 0 bridgehead atoms. The lowest BCUT2D eigenvalue weighted by atomic mass is 10.0. The van der Waals surface area contributed by atoms with Crippen LogP contribution < -0.4 is 16.4 Å². The molecule has 4 N–H and O–H groups in total. The maximum Gasteiger partial charge on any atom is 0.221 e. The Bertz CT molecular complexity index is 908. The molecule has 0 atom stereocenters. The van der Waals surface area contributed by atoms with Gasteiger partial charge in [0.1, 0.15) is 5.82 Å². The summed E-state index contributed by atoms with van der Waals surface area (Å²) >= 11 is 0. The van der Waals surface area contributed by atoms with Gasteiger partial charge in [0.15, 0.2) is 0 Å². The first-order chi connectivity index (χ1) is 13.8. The lowest BCUT2D eigenvalue weighted by Gasteiger charge is -2.15. The number of aromatic nitrogens is 3. The van der Waals surface area contributed by atoms with Crippen LogP contribution in [0.1, 0.15) is 6.42 Å². The van der Waals surface area contributed by atoms with Gasteiger partial charge in [-0.15, -0.1) is 0 Å². The quantitative estimate of drug-likeness (QED) is 0.546. The third kappa shape index (κ3) is 4.44. The molecular weight excluding hydrogens is 350 g/mol. The monoisotopic (exact) mass is 375 g/mol. The van der Waals surface area contributed by atoms with Crippen LogP contribution in [0, 0.1) is 0 Å². The largest absolute Gasteiger partial charge is 0.369 e. The zero-order valence-corrected chi connectivity index (χ0v) is 15.8. The molecule has 7 heteroatoms. The molecule has 1 saturated heterocycles. The number of rotatable bonds is 7. The average molecular weight is 375 g/mol. The Morgan fingerprint density at radius 1 is 1.11 bits per heavy atom. The Hall–Kier alpha value is -3.03. The van der Waals surface area contributed by atoms with E-state index in [0.29, 0.717) is 0 Å². The third-order valence-electron chi connectivity index (χ3n) is 4.88. The molecule has 1 fully saturated rings. The number of nitrogens with one attached hydrogen (secondary N) is 2. The van der Waals surface area contributed by atoms with Crippen LogP contribution in [-0.4, -0.2) is 52.7 Å². The Labute approximate surface area is 165 Å². The Morgan fingerprint density at radius 3 is 2.79 bits per heavy atom. The van der Waals surface area contributed by atoms with Crippen LogP contribution in [0.3, 0.4) is 0 Å². The van der Waals surface area contributed by atoms with Gasteiger partial charge >= 0.3 is 0 Å². The van der Waals surface area contributed by atoms with E-state index in [-0.39, 0.29) is 5.95 Å². The Balaban J connectivity index is 1.51. The second-order valence-corrected chi connectivity index (χ2v) is 6.86. The van der Waals surface area contributed by atoms with E-state index in [0.717, 1.165) is 67.3 Å². The number of nitrogen functional groups attached to an aromatic ring is 1. The predicted octanol–water partition coefficient (Wildman–Crippen LogP) is 2.45. The number of nitrogens with zero attached hydrogens (tertiary/aromatic N) is 4. The van der Waals surface area contributed by atoms with Crippen molar-refractivity contribution >= 4 is 11.8 Å². The van der Waals surface area contributed by atoms with Gasteiger partial charge in [0, 0.05) is 57.0 Å². The number of hydrogen-bond acceptors (Lipinski definition) is 7. The number of pyridine rings is 1. The number of nitrogens with two attached hydrogens (primary N) is 1. The van der Waals surface area contributed by atoms with E-state index in [1.165, 1.54) is 0 Å². The van der Waals surface area contributed by atoms with Crippen molar-refractivity contribution in [3.8, 4) is 22.3 Å². The number of hydrogen-bond donors (Lipinski definition) is 3. The van der Waals surface area contributed by atoms with E-state index in [1.54, 1.807) is 18.6 Å². The SMILES string of the molecule is Nc1ncc(-c2cccc(-c3ccncc3)c2)c(NCCCN2CCNC2)n1. The highest BCUT2D eigenvalue weighted by Gasteiger charge is 2.12. The zero-order chi connectivity index (χ0) is 19.2. The van der Waals surface area contributed by atoms with Crippen molar-refractivity contribution in [3.63, 3.8) is 0 Å². The van der Waals surface area contributed by atoms with Crippen LogP contribution in [0.5, 0.6) is 0 Å². The van der Waals surface area contributed by atoms with Crippen LogP contribution in [0.2, 0.25) is 0 Å². The number of benzene rings is 1. The first-order valence-electron chi connectivity index (χ1n) is 9.60. The van der Waals surface area contributed by atoms with Crippen LogP contribution >= 0.6 is 0 Å². The average Bonchev–Trinajstić information content (AvgIpc) is 3.26. The highest BCUT2D eigenvalue weighted by atomic mass is 15.3. The second-order valence-electron chi connectivity index (χ2n) is 6.86. The molecule has 0 radical (unpaired) electrons. The van der Waals surface area contributed by atoms with Gasteiger partial charge in [-0.2, -0.15) is 4.98 Å². The van der Waals surface area contributed by atoms with Crippen molar-refractivity contribution in [2.75, 3.05) is 43.9 Å². The van der Waals surface area contributed by atoms with Gasteiger partial charge in [-0.25, -0.2) is 4.98 Å². The summed E-state index contributed by atoms with van der Waals surface area (Å²) in [6.45, 7) is 5.08. The van der Waals surface area contributed by atoms with E-state index in [2.05, 4.69) is 48.7 Å². The molecule has 4 rings (SSSR count). The van der Waals surface area contributed by atoms with Gasteiger partial charge < -0.3 is 16.4 Å². The standard InChI is InChI=1S/C21H25N7/c22-21-26-14-19(20(27-21)25-7-2-11-28-12-10-24-15-28)18-4-1-3-17(13-18)16-5-8-23-9-6-16/h1,3-6,8-9,13-14,24H,2,7,10-12,15H2,(H3,22,25,26,27). The molecule has 1 aromatic carbocycles. The van der Waals surface area contributed by atoms with Crippen LogP contribution in [-0.2, 0) is 0 Å². The molecule has 7 nitrogen and oxygen atoms in total. The van der Waals surface area contributed by atoms with Crippen molar-refractivity contribution in [1.29, 1.82) is 0 Å². The minimum atomic E-state index is 0.278. The summed E-state index contributed by atoms with van der Waals surface area (Å²) in [5, 5.41) is 6.80. The van der Waals surface area contributed by atoms with Gasteiger partial charge in [-0.1, -0.05) is 18.2 Å². The summed E-state index contributed by atoms with van der Waals surface area (Å²) in [5.74, 6) is 1.05. The lowest BCUT2D eigenvalue weighted by molar-refractivity contribution is 0.333. The highest BCUT2D eigenvalue weighted by molar-refractivity contribution is 5.79. The first-order valence-corrected chi connectivity index (χ1v) is 9.60. The smallest absolute Gasteiger partial charge is 0.221 e. The molecule has 1 aliphatic rings. The molecule has 0 unspecified atom stereocenters. The van der Waals surface area contributed by atoms with Crippen molar-refractivity contribution in [2.45, 2.75) is 6.42 Å². The normalized spacial score (nSPS) is 14.3. The molecule has 28 heavy (non-hydrogen) atoms. The van der Waals surface area contributed by atoms with Crippen LogP contribution in [0.15, 0.2) is 55.0 Å². The topological polar surface area (TPSA) is 92.0 Å². The van der Waals surface area contributed by atoms with E-state index in [4.69, 9.17) is 5.73 Å². The van der Waals surface area contributed by atoms with E-state index >= 15 is 0 Å². The van der Waals surface area contributed by atoms with Crippen LogP contribution in [0.25, 0.3) is 22.3 Å². The lowest BCUT2D eigenvalue weighted by Crippen LogP contribution is -2.24. The molecule has 1 aliphatic heterocycles. The van der Waals surface area contributed by atoms with E-state index < -0.39 is 0 Å². The summed E-state index contributed by atoms with van der Waals surface area (Å²) in [4.78, 5) is 15.2. The van der Waals surface area contributed by atoms with Gasteiger partial charge in [0.05, 0.1) is 0 Å². The summed E-state index contributed by atoms with van der Waals surface area (Å²) in [7, 11) is 0. The van der Waals surface area contributed by atoms with Gasteiger partial charge in [0.25, 0.3) is 0 Å². The van der Waals surface area contributed by atoms with Crippen molar-refractivity contribution in [1.82, 2.24) is 25.2 Å². The molecule has 0 spiro atoms. The summed E-state index contributed by atoms with van der Waals surface area (Å²) in [5.41, 5.74) is 10.1. The fourth-order valence-electron chi connectivity index (χ4n) is 3.41. The maximum absolute atomic E-state index is 5.84. The molecule has 144 valence electrons. The maximum atomic E-state index is 5.84. The molecule has 2 aromatic heterocycles. The van der Waals surface area contributed by atoms with Crippen molar-refractivity contribution in [2.24, 2.45) is 0 Å². The Kier molecular flexibility index (Phi) is 5.75. The minimum Gasteiger partial charge on any atom is -0.369 e. The van der Waals surface area contributed by atoms with Crippen molar-refractivity contribution in [3.05, 3.63) is 55.0 Å². The van der Waals surface area contributed by atoms with Crippen LogP contribution in [0.4, 0.5) is 11.8 Å². The molecule has 3 aromatic rings. The summed E-state index contributed by atoms with van der Waals surface area (Å²) in [6, 6.07) is 12.4. The number of anilines is 2. The summed E-state index contributed by atoms with van der Waals surface area (Å²) in [6.07, 6.45) is 6.44. The first kappa shape index (κ1) is 18.3. The highest BCUT2D eigenvalue weighted by Crippen LogP contribution is 2.30. The third-order valence-corrected chi connectivity index (χ3v) is 4.88. The Morgan fingerprint density at radius 2 is 1.96 bits per heavy atom. The fourth-order valence-corrected chi connectivity index (χ4v) is 3.41. The van der Waals surface area contributed by atoms with Gasteiger partial charge in [-0.05, 0) is 41.3 Å². The molecular formula is C21H25N7. The molecule has 0 saturated carbocycles. The molecule has 0 aliphatic carbocycles. The van der Waals surface area contributed by atoms with Gasteiger partial charge in [0.2, 0.25) is 5.95 Å². The molecule has 3 heterocycles. The summed E-state index contributed by atoms with van der Waals surface area (Å²) < 4.78 is 0. The van der Waals surface area contributed by atoms with E-state index in [1.807, 2.05) is 18.2 Å². The second kappa shape index (κ2) is 8.77. The fraction of sp³-hybridized carbons (Fsp3) is 0.286. The van der Waals surface area contributed by atoms with Gasteiger partial charge in [-0.3, -0.25) is 9.88 Å². The van der Waals surface area contributed by atoms with Crippen molar-refractivity contribution < 1.29 is 0 Å². The zero-order valence-electron chi connectivity index (χ0n) is 15.8. The minimum absolute atomic E-state index is 0.278.